The molecule has 0 bridgehead atoms. The zero-order chi connectivity index (χ0) is 10.0. The Morgan fingerprint density at radius 2 is 2.08 bits per heavy atom. The summed E-state index contributed by atoms with van der Waals surface area (Å²) in [5.74, 6) is -1.33. The van der Waals surface area contributed by atoms with Crippen LogP contribution in [0.5, 0.6) is 0 Å². The Morgan fingerprint density at radius 1 is 1.46 bits per heavy atom. The van der Waals surface area contributed by atoms with Gasteiger partial charge < -0.3 is 0 Å². The van der Waals surface area contributed by atoms with Crippen LogP contribution in [0.25, 0.3) is 0 Å². The highest BCUT2D eigenvalue weighted by atomic mass is 35.5. The fourth-order valence-corrected chi connectivity index (χ4v) is 1.27. The van der Waals surface area contributed by atoms with E-state index in [2.05, 4.69) is 4.98 Å². The first-order valence-electron chi connectivity index (χ1n) is 3.24. The molecule has 0 aliphatic carbocycles. The van der Waals surface area contributed by atoms with E-state index in [0.717, 1.165) is 6.20 Å². The first kappa shape index (κ1) is 10.6. The summed E-state index contributed by atoms with van der Waals surface area (Å²) in [5.41, 5.74) is -0.812. The van der Waals surface area contributed by atoms with Crippen LogP contribution < -0.4 is 0 Å². The molecule has 1 heterocycles. The summed E-state index contributed by atoms with van der Waals surface area (Å²) in [7, 11) is 0. The molecule has 0 atom stereocenters. The molecule has 72 valence electrons. The molecule has 0 aromatic carbocycles. The number of halogens is 5. The molecule has 1 aromatic heterocycles. The minimum Gasteiger partial charge on any atom is -0.241 e. The number of alkyl halides is 3. The molecule has 0 radical (unpaired) electrons. The smallest absolute Gasteiger partial charge is 0.241 e. The first-order chi connectivity index (χ1) is 6.07. The summed E-state index contributed by atoms with van der Waals surface area (Å²) in [6, 6.07) is 0. The molecule has 0 unspecified atom stereocenters. The molecule has 0 aliphatic heterocycles. The summed E-state index contributed by atoms with van der Waals surface area (Å²) < 4.78 is 37.4. The van der Waals surface area contributed by atoms with Crippen LogP contribution in [0.4, 0.5) is 13.2 Å². The summed E-state index contributed by atoms with van der Waals surface area (Å²) in [6.45, 7) is 0. The molecule has 6 heteroatoms. The minimum absolute atomic E-state index is 0.295. The van der Waals surface area contributed by atoms with E-state index in [0.29, 0.717) is 0 Å². The first-order valence-corrected chi connectivity index (χ1v) is 4.16. The molecule has 0 saturated heterocycles. The number of nitrogens with zero attached hydrogens (tertiary/aromatic N) is 1. The van der Waals surface area contributed by atoms with Crippen molar-refractivity contribution in [2.45, 2.75) is 12.3 Å². The number of rotatable bonds is 2. The van der Waals surface area contributed by atoms with Crippen molar-refractivity contribution in [1.29, 1.82) is 0 Å². The van der Waals surface area contributed by atoms with Gasteiger partial charge in [-0.2, -0.15) is 0 Å². The van der Waals surface area contributed by atoms with Crippen LogP contribution in [-0.4, -0.2) is 4.98 Å². The van der Waals surface area contributed by atoms with Crippen LogP contribution >= 0.6 is 23.2 Å². The highest BCUT2D eigenvalue weighted by Gasteiger charge is 2.18. The van der Waals surface area contributed by atoms with Gasteiger partial charge in [-0.05, 0) is 0 Å². The van der Waals surface area contributed by atoms with Crippen molar-refractivity contribution < 1.29 is 13.2 Å². The quantitative estimate of drug-likeness (QED) is 0.559. The topological polar surface area (TPSA) is 12.9 Å². The Morgan fingerprint density at radius 3 is 2.54 bits per heavy atom. The largest absolute Gasteiger partial charge is 0.265 e. The van der Waals surface area contributed by atoms with Gasteiger partial charge in [-0.1, -0.05) is 11.6 Å². The fourth-order valence-electron chi connectivity index (χ4n) is 0.836. The molecule has 0 amide bonds. The molecular weight excluding hydrogens is 226 g/mol. The van der Waals surface area contributed by atoms with Crippen molar-refractivity contribution in [3.63, 3.8) is 0 Å². The number of hydrogen-bond acceptors (Lipinski definition) is 1. The van der Waals surface area contributed by atoms with E-state index >= 15 is 0 Å². The van der Waals surface area contributed by atoms with Crippen LogP contribution in [0.2, 0.25) is 5.15 Å². The third kappa shape index (κ3) is 2.06. The Kier molecular flexibility index (Phi) is 3.39. The van der Waals surface area contributed by atoms with Gasteiger partial charge in [0.05, 0.1) is 5.88 Å². The van der Waals surface area contributed by atoms with E-state index < -0.39 is 23.0 Å². The second-order valence-electron chi connectivity index (χ2n) is 2.23. The molecule has 0 saturated carbocycles. The van der Waals surface area contributed by atoms with Gasteiger partial charge >= 0.3 is 0 Å². The number of pyridine rings is 1. The van der Waals surface area contributed by atoms with E-state index in [1.807, 2.05) is 0 Å². The summed E-state index contributed by atoms with van der Waals surface area (Å²) in [6.07, 6.45) is -1.97. The monoisotopic (exact) mass is 229 g/mol. The summed E-state index contributed by atoms with van der Waals surface area (Å²) >= 11 is 10.6. The van der Waals surface area contributed by atoms with E-state index in [1.165, 1.54) is 0 Å². The van der Waals surface area contributed by atoms with Gasteiger partial charge in [-0.3, -0.25) is 0 Å². The maximum atomic E-state index is 13.0. The molecule has 1 nitrogen and oxygen atoms in total. The predicted octanol–water partition coefficient (Wildman–Crippen LogP) is 3.55. The lowest BCUT2D eigenvalue weighted by molar-refractivity contribution is 0.149. The van der Waals surface area contributed by atoms with Crippen molar-refractivity contribution in [2.24, 2.45) is 0 Å². The van der Waals surface area contributed by atoms with Crippen molar-refractivity contribution in [2.75, 3.05) is 0 Å². The lowest BCUT2D eigenvalue weighted by Crippen LogP contribution is -1.99. The van der Waals surface area contributed by atoms with Crippen molar-refractivity contribution in [1.82, 2.24) is 4.98 Å². The van der Waals surface area contributed by atoms with Crippen LogP contribution in [0.15, 0.2) is 6.20 Å². The maximum Gasteiger partial charge on any atom is 0.265 e. The van der Waals surface area contributed by atoms with Crippen LogP contribution in [-0.2, 0) is 5.88 Å². The van der Waals surface area contributed by atoms with Crippen LogP contribution in [0.3, 0.4) is 0 Å². The highest BCUT2D eigenvalue weighted by molar-refractivity contribution is 6.29. The number of aromatic nitrogens is 1. The van der Waals surface area contributed by atoms with Gasteiger partial charge in [-0.15, -0.1) is 11.6 Å². The summed E-state index contributed by atoms with van der Waals surface area (Å²) in [4.78, 5) is 3.26. The van der Waals surface area contributed by atoms with Gasteiger partial charge in [0.2, 0.25) is 0 Å². The van der Waals surface area contributed by atoms with E-state index in [4.69, 9.17) is 23.2 Å². The van der Waals surface area contributed by atoms with E-state index in [9.17, 15) is 13.2 Å². The molecule has 0 N–H and O–H groups in total. The van der Waals surface area contributed by atoms with E-state index in [1.54, 1.807) is 0 Å². The summed E-state index contributed by atoms with van der Waals surface area (Å²) in [5, 5.41) is -0.444. The van der Waals surface area contributed by atoms with Crippen molar-refractivity contribution in [3.8, 4) is 0 Å². The lowest BCUT2D eigenvalue weighted by Gasteiger charge is -2.06. The zero-order valence-corrected chi connectivity index (χ0v) is 7.71. The van der Waals surface area contributed by atoms with Gasteiger partial charge in [0.25, 0.3) is 6.43 Å². The van der Waals surface area contributed by atoms with Gasteiger partial charge in [0.15, 0.2) is 11.0 Å². The Labute approximate surface area is 82.5 Å². The third-order valence-corrected chi connectivity index (χ3v) is 2.01. The second-order valence-corrected chi connectivity index (χ2v) is 2.86. The average Bonchev–Trinajstić information content (AvgIpc) is 2.09. The van der Waals surface area contributed by atoms with Crippen LogP contribution in [0.1, 0.15) is 17.6 Å². The van der Waals surface area contributed by atoms with Gasteiger partial charge in [0.1, 0.15) is 0 Å². The molecule has 13 heavy (non-hydrogen) atoms. The van der Waals surface area contributed by atoms with Gasteiger partial charge in [-0.25, -0.2) is 18.2 Å². The molecular formula is C7H4Cl2F3N. The second kappa shape index (κ2) is 4.15. The Hall–Kier alpha value is -0.480. The molecule has 0 spiro atoms. The fraction of sp³-hybridized carbons (Fsp3) is 0.286. The zero-order valence-electron chi connectivity index (χ0n) is 6.20. The standard InChI is InChI=1S/C7H4Cl2F3N/c8-1-3-4(7(11)12)2-13-6(9)5(3)10/h2,7H,1H2. The highest BCUT2D eigenvalue weighted by Crippen LogP contribution is 2.28. The molecule has 0 aliphatic rings. The Bertz CT molecular complexity index is 317. The van der Waals surface area contributed by atoms with E-state index in [-0.39, 0.29) is 11.4 Å². The maximum absolute atomic E-state index is 13.0. The van der Waals surface area contributed by atoms with Crippen LogP contribution in [0, 0.1) is 5.82 Å². The average molecular weight is 230 g/mol. The minimum atomic E-state index is -2.80. The molecule has 1 rings (SSSR count). The van der Waals surface area contributed by atoms with Crippen molar-refractivity contribution in [3.05, 3.63) is 28.3 Å². The normalized spacial score (nSPS) is 10.9. The van der Waals surface area contributed by atoms with Gasteiger partial charge in [0, 0.05) is 17.3 Å². The van der Waals surface area contributed by atoms with Crippen molar-refractivity contribution >= 4 is 23.2 Å². The predicted molar refractivity (Wildman–Crippen MR) is 43.7 cm³/mol. The Balaban J connectivity index is 3.30. The third-order valence-electron chi connectivity index (χ3n) is 1.48. The molecule has 0 fully saturated rings. The molecule has 1 aromatic rings. The lowest BCUT2D eigenvalue weighted by atomic mass is 10.1. The number of hydrogen-bond donors (Lipinski definition) is 0. The SMILES string of the molecule is Fc1c(Cl)ncc(C(F)F)c1CCl.